The summed E-state index contributed by atoms with van der Waals surface area (Å²) in [5.74, 6) is -0.205. The molecular formula is C13H23NO4S. The number of carbonyl (C=O) groups excluding carboxylic acids is 1. The molecule has 0 aromatic heterocycles. The largest absolute Gasteiger partial charge is 0.481 e. The van der Waals surface area contributed by atoms with Crippen molar-refractivity contribution in [2.45, 2.75) is 45.3 Å². The van der Waals surface area contributed by atoms with Crippen LogP contribution >= 0.6 is 11.8 Å². The fourth-order valence-electron chi connectivity index (χ4n) is 2.20. The van der Waals surface area contributed by atoms with Gasteiger partial charge in [0.15, 0.2) is 0 Å². The molecular weight excluding hydrogens is 266 g/mol. The minimum absolute atomic E-state index is 0.0306. The van der Waals surface area contributed by atoms with E-state index in [0.29, 0.717) is 12.5 Å². The summed E-state index contributed by atoms with van der Waals surface area (Å²) < 4.78 is 5.68. The van der Waals surface area contributed by atoms with E-state index < -0.39 is 5.97 Å². The van der Waals surface area contributed by atoms with Crippen LogP contribution < -0.4 is 5.32 Å². The summed E-state index contributed by atoms with van der Waals surface area (Å²) in [6.07, 6.45) is 2.93. The van der Waals surface area contributed by atoms with Crippen molar-refractivity contribution < 1.29 is 19.4 Å². The van der Waals surface area contributed by atoms with Crippen molar-refractivity contribution in [2.75, 3.05) is 18.1 Å². The quantitative estimate of drug-likeness (QED) is 0.743. The molecule has 2 unspecified atom stereocenters. The van der Waals surface area contributed by atoms with E-state index in [1.54, 1.807) is 0 Å². The number of carbonyl (C=O) groups is 2. The van der Waals surface area contributed by atoms with Gasteiger partial charge >= 0.3 is 5.97 Å². The second kappa shape index (κ2) is 8.43. The molecule has 0 spiro atoms. The number of carboxylic acids is 1. The Morgan fingerprint density at radius 2 is 2.16 bits per heavy atom. The van der Waals surface area contributed by atoms with E-state index >= 15 is 0 Å². The molecule has 2 atom stereocenters. The van der Waals surface area contributed by atoms with Gasteiger partial charge in [-0.1, -0.05) is 13.8 Å². The molecule has 6 heteroatoms. The van der Waals surface area contributed by atoms with E-state index in [0.717, 1.165) is 31.0 Å². The molecule has 1 aliphatic heterocycles. The molecule has 19 heavy (non-hydrogen) atoms. The fourth-order valence-corrected chi connectivity index (χ4v) is 2.75. The predicted octanol–water partition coefficient (Wildman–Crippen LogP) is 1.51. The van der Waals surface area contributed by atoms with Gasteiger partial charge in [0.05, 0.1) is 17.6 Å². The molecule has 1 aliphatic rings. The highest BCUT2D eigenvalue weighted by molar-refractivity contribution is 8.00. The second-order valence-electron chi connectivity index (χ2n) is 5.30. The van der Waals surface area contributed by atoms with Gasteiger partial charge in [0.1, 0.15) is 0 Å². The van der Waals surface area contributed by atoms with Crippen LogP contribution in [0.25, 0.3) is 0 Å². The smallest absolute Gasteiger partial charge is 0.313 e. The van der Waals surface area contributed by atoms with Crippen molar-refractivity contribution in [1.82, 2.24) is 5.32 Å². The zero-order valence-corrected chi connectivity index (χ0v) is 12.4. The SMILES string of the molecule is CC(C)CC1CC(NC(=O)CSCC(=O)O)CCO1. The maximum absolute atomic E-state index is 11.7. The van der Waals surface area contributed by atoms with E-state index in [2.05, 4.69) is 19.2 Å². The molecule has 5 nitrogen and oxygen atoms in total. The zero-order valence-electron chi connectivity index (χ0n) is 11.6. The van der Waals surface area contributed by atoms with Crippen LogP contribution in [-0.4, -0.2) is 47.2 Å². The average molecular weight is 289 g/mol. The van der Waals surface area contributed by atoms with E-state index in [9.17, 15) is 9.59 Å². The molecule has 1 amide bonds. The number of carboxylic acid groups (broad SMARTS) is 1. The van der Waals surface area contributed by atoms with E-state index in [1.165, 1.54) is 0 Å². The van der Waals surface area contributed by atoms with Gasteiger partial charge in [-0.05, 0) is 25.2 Å². The monoisotopic (exact) mass is 289 g/mol. The Morgan fingerprint density at radius 1 is 1.42 bits per heavy atom. The molecule has 1 fully saturated rings. The lowest BCUT2D eigenvalue weighted by molar-refractivity contribution is -0.133. The Bertz CT molecular complexity index is 309. The van der Waals surface area contributed by atoms with E-state index in [-0.39, 0.29) is 29.6 Å². The first-order valence-electron chi connectivity index (χ1n) is 6.68. The fraction of sp³-hybridized carbons (Fsp3) is 0.846. The number of thioether (sulfide) groups is 1. The highest BCUT2D eigenvalue weighted by Gasteiger charge is 2.24. The van der Waals surface area contributed by atoms with Crippen LogP contribution in [0.4, 0.5) is 0 Å². The summed E-state index contributed by atoms with van der Waals surface area (Å²) in [6, 6.07) is 0.162. The molecule has 2 N–H and O–H groups in total. The zero-order chi connectivity index (χ0) is 14.3. The summed E-state index contributed by atoms with van der Waals surface area (Å²) in [5, 5.41) is 11.5. The van der Waals surface area contributed by atoms with Crippen LogP contribution in [0.3, 0.4) is 0 Å². The third-order valence-electron chi connectivity index (χ3n) is 2.93. The van der Waals surface area contributed by atoms with Gasteiger partial charge in [0.2, 0.25) is 5.91 Å². The molecule has 0 aliphatic carbocycles. The Morgan fingerprint density at radius 3 is 2.79 bits per heavy atom. The normalized spacial score (nSPS) is 23.3. The number of hydrogen-bond acceptors (Lipinski definition) is 4. The molecule has 0 saturated carbocycles. The van der Waals surface area contributed by atoms with Crippen LogP contribution in [0, 0.1) is 5.92 Å². The Labute approximate surface area is 118 Å². The number of hydrogen-bond donors (Lipinski definition) is 2. The van der Waals surface area contributed by atoms with E-state index in [4.69, 9.17) is 9.84 Å². The third-order valence-corrected chi connectivity index (χ3v) is 3.84. The molecule has 0 aromatic carbocycles. The molecule has 1 heterocycles. The number of amides is 1. The number of aliphatic carboxylic acids is 1. The maximum Gasteiger partial charge on any atom is 0.313 e. The Balaban J connectivity index is 2.23. The molecule has 0 bridgehead atoms. The van der Waals surface area contributed by atoms with Crippen LogP contribution in [-0.2, 0) is 14.3 Å². The highest BCUT2D eigenvalue weighted by atomic mass is 32.2. The van der Waals surface area contributed by atoms with Crippen molar-refractivity contribution in [3.8, 4) is 0 Å². The minimum Gasteiger partial charge on any atom is -0.481 e. The lowest BCUT2D eigenvalue weighted by Crippen LogP contribution is -2.43. The van der Waals surface area contributed by atoms with Gasteiger partial charge in [0.25, 0.3) is 0 Å². The Hall–Kier alpha value is -0.750. The van der Waals surface area contributed by atoms with Gasteiger partial charge in [-0.2, -0.15) is 0 Å². The van der Waals surface area contributed by atoms with Gasteiger partial charge in [-0.3, -0.25) is 9.59 Å². The third kappa shape index (κ3) is 7.42. The predicted molar refractivity (Wildman–Crippen MR) is 75.3 cm³/mol. The van der Waals surface area contributed by atoms with E-state index in [1.807, 2.05) is 0 Å². The Kier molecular flexibility index (Phi) is 7.23. The molecule has 1 saturated heterocycles. The van der Waals surface area contributed by atoms with Crippen molar-refractivity contribution >= 4 is 23.6 Å². The first-order chi connectivity index (χ1) is 8.97. The highest BCUT2D eigenvalue weighted by Crippen LogP contribution is 2.20. The number of ether oxygens (including phenoxy) is 1. The first kappa shape index (κ1) is 16.3. The lowest BCUT2D eigenvalue weighted by Gasteiger charge is -2.31. The van der Waals surface area contributed by atoms with Crippen LogP contribution in [0.1, 0.15) is 33.1 Å². The van der Waals surface area contributed by atoms with Gasteiger partial charge in [-0.25, -0.2) is 0 Å². The van der Waals surface area contributed by atoms with Gasteiger partial charge in [-0.15, -0.1) is 11.8 Å². The summed E-state index contributed by atoms with van der Waals surface area (Å²) in [7, 11) is 0. The molecule has 0 aromatic rings. The van der Waals surface area contributed by atoms with Gasteiger partial charge < -0.3 is 15.2 Å². The lowest BCUT2D eigenvalue weighted by atomic mass is 9.96. The topological polar surface area (TPSA) is 75.6 Å². The number of nitrogens with one attached hydrogen (secondary N) is 1. The summed E-state index contributed by atoms with van der Waals surface area (Å²) >= 11 is 1.13. The molecule has 1 rings (SSSR count). The molecule has 0 radical (unpaired) electrons. The summed E-state index contributed by atoms with van der Waals surface area (Å²) in [4.78, 5) is 22.0. The van der Waals surface area contributed by atoms with Crippen LogP contribution in [0.15, 0.2) is 0 Å². The first-order valence-corrected chi connectivity index (χ1v) is 7.83. The van der Waals surface area contributed by atoms with Crippen molar-refractivity contribution in [1.29, 1.82) is 0 Å². The van der Waals surface area contributed by atoms with Crippen molar-refractivity contribution in [3.63, 3.8) is 0 Å². The minimum atomic E-state index is -0.888. The van der Waals surface area contributed by atoms with Crippen molar-refractivity contribution in [2.24, 2.45) is 5.92 Å². The van der Waals surface area contributed by atoms with Crippen LogP contribution in [0.2, 0.25) is 0 Å². The summed E-state index contributed by atoms with van der Waals surface area (Å²) in [5.41, 5.74) is 0. The van der Waals surface area contributed by atoms with Gasteiger partial charge in [0, 0.05) is 12.6 Å². The maximum atomic E-state index is 11.7. The average Bonchev–Trinajstić information content (AvgIpc) is 2.27. The second-order valence-corrected chi connectivity index (χ2v) is 6.28. The summed E-state index contributed by atoms with van der Waals surface area (Å²) in [6.45, 7) is 5.01. The standard InChI is InChI=1S/C13H23NO4S/c1-9(2)5-11-6-10(3-4-18-11)14-12(15)7-19-8-13(16)17/h9-11H,3-8H2,1-2H3,(H,14,15)(H,16,17). The van der Waals surface area contributed by atoms with Crippen LogP contribution in [0.5, 0.6) is 0 Å². The van der Waals surface area contributed by atoms with Crippen molar-refractivity contribution in [3.05, 3.63) is 0 Å². The molecule has 110 valence electrons. The number of rotatable bonds is 7.